The smallest absolute Gasteiger partial charge is 0.294 e. The monoisotopic (exact) mass is 369 g/mol. The van der Waals surface area contributed by atoms with Gasteiger partial charge < -0.3 is 5.32 Å². The molecule has 2 aliphatic carbocycles. The number of nitrogens with zero attached hydrogens (tertiary/aromatic N) is 2. The maximum atomic E-state index is 12.7. The van der Waals surface area contributed by atoms with E-state index < -0.39 is 4.92 Å². The fourth-order valence-electron chi connectivity index (χ4n) is 4.45. The van der Waals surface area contributed by atoms with Crippen LogP contribution in [0.2, 0.25) is 0 Å². The van der Waals surface area contributed by atoms with Crippen LogP contribution in [0.4, 0.5) is 17.1 Å². The molecule has 1 heterocycles. The lowest BCUT2D eigenvalue weighted by Gasteiger charge is -2.24. The van der Waals surface area contributed by atoms with Crippen molar-refractivity contribution in [1.82, 2.24) is 0 Å². The molecule has 1 saturated heterocycles. The molecule has 0 spiro atoms. The molecule has 7 heteroatoms. The number of nitro benzene ring substituents is 1. The molecular weight excluding hydrogens is 346 g/mol. The highest BCUT2D eigenvalue weighted by Gasteiger charge is 2.48. The van der Waals surface area contributed by atoms with Crippen molar-refractivity contribution in [2.24, 2.45) is 11.8 Å². The normalized spacial score (nSPS) is 25.6. The maximum absolute atomic E-state index is 12.7. The number of allylic oxidation sites excluding steroid dienone is 2. The van der Waals surface area contributed by atoms with Crippen molar-refractivity contribution in [2.45, 2.75) is 51.0 Å². The van der Waals surface area contributed by atoms with Gasteiger partial charge >= 0.3 is 0 Å². The molecule has 2 amide bonds. The predicted octanol–water partition coefficient (Wildman–Crippen LogP) is 3.80. The highest BCUT2D eigenvalue weighted by atomic mass is 16.6. The number of fused-ring (bicyclic) bond motifs is 1. The van der Waals surface area contributed by atoms with Crippen LogP contribution in [0.3, 0.4) is 0 Å². The average Bonchev–Trinajstić information content (AvgIpc) is 2.94. The van der Waals surface area contributed by atoms with Crippen LogP contribution >= 0.6 is 0 Å². The Morgan fingerprint density at radius 1 is 1.00 bits per heavy atom. The Kier molecular flexibility index (Phi) is 4.68. The molecule has 27 heavy (non-hydrogen) atoms. The summed E-state index contributed by atoms with van der Waals surface area (Å²) in [4.78, 5) is 37.7. The van der Waals surface area contributed by atoms with Gasteiger partial charge in [0.2, 0.25) is 11.8 Å². The number of hydrogen-bond acceptors (Lipinski definition) is 5. The zero-order chi connectivity index (χ0) is 19.0. The van der Waals surface area contributed by atoms with E-state index in [2.05, 4.69) is 5.32 Å². The molecule has 0 aromatic heterocycles. The molecule has 4 rings (SSSR count). The number of nitrogens with one attached hydrogen (secondary N) is 1. The number of carbonyl (C=O) groups is 2. The number of rotatable bonds is 4. The number of amides is 2. The molecule has 142 valence electrons. The maximum Gasteiger partial charge on any atom is 0.294 e. The van der Waals surface area contributed by atoms with Crippen molar-refractivity contribution in [1.29, 1.82) is 0 Å². The van der Waals surface area contributed by atoms with Crippen molar-refractivity contribution in [2.75, 3.05) is 10.2 Å². The van der Waals surface area contributed by atoms with E-state index in [0.717, 1.165) is 30.6 Å². The fourth-order valence-corrected chi connectivity index (χ4v) is 4.45. The second-order valence-corrected chi connectivity index (χ2v) is 7.61. The van der Waals surface area contributed by atoms with Crippen molar-refractivity contribution < 1.29 is 14.5 Å². The van der Waals surface area contributed by atoms with Crippen LogP contribution in [0.1, 0.15) is 44.9 Å². The third-order valence-corrected chi connectivity index (χ3v) is 5.91. The number of carbonyl (C=O) groups excluding carboxylic acids is 2. The van der Waals surface area contributed by atoms with Gasteiger partial charge in [-0.15, -0.1) is 0 Å². The quantitative estimate of drug-likeness (QED) is 0.377. The zero-order valence-electron chi connectivity index (χ0n) is 15.1. The summed E-state index contributed by atoms with van der Waals surface area (Å²) in [5.41, 5.74) is 0.654. The second-order valence-electron chi connectivity index (χ2n) is 7.61. The van der Waals surface area contributed by atoms with Crippen LogP contribution < -0.4 is 10.2 Å². The lowest BCUT2D eigenvalue weighted by atomic mass is 9.85. The van der Waals surface area contributed by atoms with Crippen LogP contribution in [-0.2, 0) is 9.59 Å². The van der Waals surface area contributed by atoms with Gasteiger partial charge in [-0.1, -0.05) is 31.4 Å². The summed E-state index contributed by atoms with van der Waals surface area (Å²) in [5, 5.41) is 14.9. The SMILES string of the molecule is O=C1[C@H]2CC=CC[C@H]2C(=O)N1c1ccc(NC2CCCCC2)c([N+](=O)[O-])c1. The molecule has 7 nitrogen and oxygen atoms in total. The van der Waals surface area contributed by atoms with E-state index in [0.29, 0.717) is 24.2 Å². The largest absolute Gasteiger partial charge is 0.377 e. The van der Waals surface area contributed by atoms with Crippen molar-refractivity contribution in [3.8, 4) is 0 Å². The Hall–Kier alpha value is -2.70. The van der Waals surface area contributed by atoms with Gasteiger partial charge in [0.15, 0.2) is 0 Å². The van der Waals surface area contributed by atoms with Crippen LogP contribution in [0.25, 0.3) is 0 Å². The van der Waals surface area contributed by atoms with Gasteiger partial charge in [-0.3, -0.25) is 19.7 Å². The number of imide groups is 1. The molecule has 1 aromatic carbocycles. The van der Waals surface area contributed by atoms with Gasteiger partial charge in [0.25, 0.3) is 5.69 Å². The third kappa shape index (κ3) is 3.22. The summed E-state index contributed by atoms with van der Waals surface area (Å²) >= 11 is 0. The van der Waals surface area contributed by atoms with Crippen molar-refractivity contribution in [3.05, 3.63) is 40.5 Å². The lowest BCUT2D eigenvalue weighted by Crippen LogP contribution is -2.31. The number of hydrogen-bond donors (Lipinski definition) is 1. The van der Waals surface area contributed by atoms with Gasteiger partial charge in [-0.25, -0.2) is 4.90 Å². The summed E-state index contributed by atoms with van der Waals surface area (Å²) in [6.45, 7) is 0. The van der Waals surface area contributed by atoms with Crippen LogP contribution in [0.5, 0.6) is 0 Å². The Morgan fingerprint density at radius 3 is 2.22 bits per heavy atom. The number of benzene rings is 1. The Labute approximate surface area is 157 Å². The van der Waals surface area contributed by atoms with Crippen molar-refractivity contribution >= 4 is 28.9 Å². The second kappa shape index (κ2) is 7.13. The molecule has 0 bridgehead atoms. The highest BCUT2D eigenvalue weighted by molar-refractivity contribution is 6.22. The summed E-state index contributed by atoms with van der Waals surface area (Å²) in [6.07, 6.45) is 10.4. The first-order chi connectivity index (χ1) is 13.1. The van der Waals surface area contributed by atoms with Gasteiger partial charge in [0, 0.05) is 12.1 Å². The summed E-state index contributed by atoms with van der Waals surface area (Å²) in [7, 11) is 0. The molecule has 1 aromatic rings. The van der Waals surface area contributed by atoms with Crippen LogP contribution in [0.15, 0.2) is 30.4 Å². The molecule has 1 N–H and O–H groups in total. The predicted molar refractivity (Wildman–Crippen MR) is 101 cm³/mol. The summed E-state index contributed by atoms with van der Waals surface area (Å²) < 4.78 is 0. The molecule has 3 aliphatic rings. The molecule has 2 atom stereocenters. The molecule has 1 aliphatic heterocycles. The summed E-state index contributed by atoms with van der Waals surface area (Å²) in [6, 6.07) is 4.85. The van der Waals surface area contributed by atoms with E-state index in [1.54, 1.807) is 12.1 Å². The number of anilines is 2. The Bertz CT molecular complexity index is 787. The molecule has 2 fully saturated rings. The fraction of sp³-hybridized carbons (Fsp3) is 0.500. The topological polar surface area (TPSA) is 92.6 Å². The first-order valence-corrected chi connectivity index (χ1v) is 9.64. The lowest BCUT2D eigenvalue weighted by molar-refractivity contribution is -0.383. The molecule has 0 unspecified atom stereocenters. The average molecular weight is 369 g/mol. The van der Waals surface area contributed by atoms with E-state index in [-0.39, 0.29) is 35.4 Å². The Balaban J connectivity index is 1.62. The standard InChI is InChI=1S/C20H23N3O4/c24-19-15-8-4-5-9-16(15)20(25)22(19)14-10-11-17(18(12-14)23(26)27)21-13-6-2-1-3-7-13/h4-5,10-13,15-16,21H,1-3,6-9H2/t15-,16+. The van der Waals surface area contributed by atoms with Crippen LogP contribution in [-0.4, -0.2) is 22.8 Å². The molecule has 1 saturated carbocycles. The minimum Gasteiger partial charge on any atom is -0.377 e. The summed E-state index contributed by atoms with van der Waals surface area (Å²) in [5.74, 6) is -1.20. The highest BCUT2D eigenvalue weighted by Crippen LogP contribution is 2.40. The number of nitro groups is 1. The first kappa shape index (κ1) is 17.7. The molecule has 0 radical (unpaired) electrons. The minimum atomic E-state index is -0.450. The van der Waals surface area contributed by atoms with Gasteiger partial charge in [-0.2, -0.15) is 0 Å². The van der Waals surface area contributed by atoms with Crippen molar-refractivity contribution in [3.63, 3.8) is 0 Å². The van der Waals surface area contributed by atoms with E-state index in [9.17, 15) is 19.7 Å². The zero-order valence-corrected chi connectivity index (χ0v) is 15.1. The van der Waals surface area contributed by atoms with Gasteiger partial charge in [0.05, 0.1) is 22.4 Å². The van der Waals surface area contributed by atoms with Crippen LogP contribution in [0, 0.1) is 22.0 Å². The van der Waals surface area contributed by atoms with E-state index >= 15 is 0 Å². The van der Waals surface area contributed by atoms with E-state index in [4.69, 9.17) is 0 Å². The van der Waals surface area contributed by atoms with E-state index in [1.165, 1.54) is 12.5 Å². The first-order valence-electron chi connectivity index (χ1n) is 9.64. The minimum absolute atomic E-state index is 0.0910. The Morgan fingerprint density at radius 2 is 1.63 bits per heavy atom. The van der Waals surface area contributed by atoms with Gasteiger partial charge in [0.1, 0.15) is 5.69 Å². The molecular formula is C20H23N3O4. The third-order valence-electron chi connectivity index (χ3n) is 5.91. The van der Waals surface area contributed by atoms with E-state index in [1.807, 2.05) is 12.2 Å². The van der Waals surface area contributed by atoms with Gasteiger partial charge in [-0.05, 0) is 37.8 Å².